The van der Waals surface area contributed by atoms with Crippen LogP contribution in [0.1, 0.15) is 5.56 Å². The van der Waals surface area contributed by atoms with Crippen molar-refractivity contribution >= 4 is 45.3 Å². The van der Waals surface area contributed by atoms with Crippen LogP contribution in [0.2, 0.25) is 5.02 Å². The Kier molecular flexibility index (Phi) is 5.21. The van der Waals surface area contributed by atoms with Gasteiger partial charge < -0.3 is 10.6 Å². The standard InChI is InChI=1S/C15H12BrClN2O/c16-12-3-1-11(2-4-12)9-10-18-15(20)19-14-7-5-13(17)6-8-14/h1-10H,(H2,18,19,20)/b10-9+. The molecule has 0 saturated carbocycles. The molecule has 20 heavy (non-hydrogen) atoms. The van der Waals surface area contributed by atoms with Crippen molar-refractivity contribution in [1.29, 1.82) is 0 Å². The third-order valence-electron chi connectivity index (χ3n) is 2.46. The largest absolute Gasteiger partial charge is 0.323 e. The highest BCUT2D eigenvalue weighted by Crippen LogP contribution is 2.13. The van der Waals surface area contributed by atoms with Gasteiger partial charge in [0, 0.05) is 21.4 Å². The molecule has 2 rings (SSSR count). The molecule has 0 aromatic heterocycles. The lowest BCUT2D eigenvalue weighted by atomic mass is 10.2. The molecule has 0 spiro atoms. The molecule has 0 atom stereocenters. The molecule has 0 aliphatic heterocycles. The minimum atomic E-state index is -0.305. The average Bonchev–Trinajstić information content (AvgIpc) is 2.44. The molecule has 0 fully saturated rings. The van der Waals surface area contributed by atoms with Crippen molar-refractivity contribution in [1.82, 2.24) is 5.32 Å². The number of benzene rings is 2. The molecule has 102 valence electrons. The third-order valence-corrected chi connectivity index (χ3v) is 3.24. The lowest BCUT2D eigenvalue weighted by Gasteiger charge is -2.04. The van der Waals surface area contributed by atoms with E-state index >= 15 is 0 Å². The first-order valence-corrected chi connectivity index (χ1v) is 7.06. The molecule has 0 aliphatic carbocycles. The van der Waals surface area contributed by atoms with Gasteiger partial charge in [-0.3, -0.25) is 0 Å². The number of amides is 2. The topological polar surface area (TPSA) is 41.1 Å². The highest BCUT2D eigenvalue weighted by Gasteiger charge is 1.98. The zero-order valence-electron chi connectivity index (χ0n) is 10.4. The van der Waals surface area contributed by atoms with E-state index in [4.69, 9.17) is 11.6 Å². The Hall–Kier alpha value is -1.78. The molecule has 0 heterocycles. The van der Waals surface area contributed by atoms with Gasteiger partial charge in [-0.25, -0.2) is 4.79 Å². The number of carbonyl (C=O) groups excluding carboxylic acids is 1. The molecule has 0 bridgehead atoms. The Morgan fingerprint density at radius 1 is 1.05 bits per heavy atom. The molecule has 2 aromatic rings. The smallest absolute Gasteiger partial charge is 0.314 e. The number of hydrogen-bond donors (Lipinski definition) is 2. The van der Waals surface area contributed by atoms with Gasteiger partial charge in [-0.05, 0) is 48.0 Å². The summed E-state index contributed by atoms with van der Waals surface area (Å²) in [6, 6.07) is 14.4. The lowest BCUT2D eigenvalue weighted by Crippen LogP contribution is -2.23. The van der Waals surface area contributed by atoms with Crippen molar-refractivity contribution in [3.05, 3.63) is 69.8 Å². The summed E-state index contributed by atoms with van der Waals surface area (Å²) >= 11 is 9.13. The van der Waals surface area contributed by atoms with E-state index < -0.39 is 0 Å². The van der Waals surface area contributed by atoms with E-state index in [0.29, 0.717) is 10.7 Å². The van der Waals surface area contributed by atoms with Gasteiger partial charge in [-0.2, -0.15) is 0 Å². The monoisotopic (exact) mass is 350 g/mol. The number of hydrogen-bond acceptors (Lipinski definition) is 1. The van der Waals surface area contributed by atoms with Crippen LogP contribution in [0, 0.1) is 0 Å². The van der Waals surface area contributed by atoms with Crippen LogP contribution in [0.4, 0.5) is 10.5 Å². The minimum Gasteiger partial charge on any atom is -0.314 e. The van der Waals surface area contributed by atoms with Crippen molar-refractivity contribution in [2.24, 2.45) is 0 Å². The molecule has 2 aromatic carbocycles. The maximum atomic E-state index is 11.6. The summed E-state index contributed by atoms with van der Waals surface area (Å²) in [5.41, 5.74) is 1.68. The van der Waals surface area contributed by atoms with Gasteiger partial charge in [-0.15, -0.1) is 0 Å². The fourth-order valence-corrected chi connectivity index (χ4v) is 1.88. The number of nitrogens with one attached hydrogen (secondary N) is 2. The molecular weight excluding hydrogens is 340 g/mol. The molecule has 2 N–H and O–H groups in total. The first-order valence-electron chi connectivity index (χ1n) is 5.89. The van der Waals surface area contributed by atoms with Crippen LogP contribution < -0.4 is 10.6 Å². The van der Waals surface area contributed by atoms with Crippen LogP contribution in [-0.2, 0) is 0 Å². The van der Waals surface area contributed by atoms with Gasteiger partial charge in [0.1, 0.15) is 0 Å². The highest BCUT2D eigenvalue weighted by atomic mass is 79.9. The molecule has 2 amide bonds. The molecule has 5 heteroatoms. The molecule has 0 aliphatic rings. The number of carbonyl (C=O) groups is 1. The first kappa shape index (κ1) is 14.6. The van der Waals surface area contributed by atoms with Crippen molar-refractivity contribution in [3.63, 3.8) is 0 Å². The zero-order valence-corrected chi connectivity index (χ0v) is 12.8. The van der Waals surface area contributed by atoms with Gasteiger partial charge in [0.25, 0.3) is 0 Å². The summed E-state index contributed by atoms with van der Waals surface area (Å²) in [6.45, 7) is 0. The number of halogens is 2. The summed E-state index contributed by atoms with van der Waals surface area (Å²) in [4.78, 5) is 11.6. The Bertz CT molecular complexity index is 609. The van der Waals surface area contributed by atoms with Crippen molar-refractivity contribution < 1.29 is 4.79 Å². The summed E-state index contributed by atoms with van der Waals surface area (Å²) < 4.78 is 1.02. The van der Waals surface area contributed by atoms with Crippen LogP contribution in [-0.4, -0.2) is 6.03 Å². The Morgan fingerprint density at radius 3 is 2.35 bits per heavy atom. The third kappa shape index (κ3) is 4.72. The van der Waals surface area contributed by atoms with E-state index in [2.05, 4.69) is 26.6 Å². The summed E-state index contributed by atoms with van der Waals surface area (Å²) in [7, 11) is 0. The van der Waals surface area contributed by atoms with E-state index in [1.54, 1.807) is 30.5 Å². The molecule has 0 saturated heterocycles. The second-order valence-electron chi connectivity index (χ2n) is 3.99. The van der Waals surface area contributed by atoms with Crippen LogP contribution in [0.25, 0.3) is 6.08 Å². The van der Waals surface area contributed by atoms with Gasteiger partial charge >= 0.3 is 6.03 Å². The van der Waals surface area contributed by atoms with Crippen LogP contribution >= 0.6 is 27.5 Å². The van der Waals surface area contributed by atoms with E-state index in [-0.39, 0.29) is 6.03 Å². The van der Waals surface area contributed by atoms with E-state index in [1.807, 2.05) is 30.3 Å². The Morgan fingerprint density at radius 2 is 1.70 bits per heavy atom. The predicted octanol–water partition coefficient (Wildman–Crippen LogP) is 4.89. The Balaban J connectivity index is 1.85. The van der Waals surface area contributed by atoms with Crippen LogP contribution in [0.3, 0.4) is 0 Å². The van der Waals surface area contributed by atoms with E-state index in [0.717, 1.165) is 10.0 Å². The van der Waals surface area contributed by atoms with E-state index in [1.165, 1.54) is 0 Å². The summed E-state index contributed by atoms with van der Waals surface area (Å²) in [5.74, 6) is 0. The van der Waals surface area contributed by atoms with Crippen LogP contribution in [0.5, 0.6) is 0 Å². The highest BCUT2D eigenvalue weighted by molar-refractivity contribution is 9.10. The van der Waals surface area contributed by atoms with Gasteiger partial charge in [0.15, 0.2) is 0 Å². The van der Waals surface area contributed by atoms with E-state index in [9.17, 15) is 4.79 Å². The second-order valence-corrected chi connectivity index (χ2v) is 5.34. The molecule has 0 unspecified atom stereocenters. The average molecular weight is 352 g/mol. The van der Waals surface area contributed by atoms with Gasteiger partial charge in [-0.1, -0.05) is 39.7 Å². The Labute approximate surface area is 130 Å². The molecular formula is C15H12BrClN2O. The number of rotatable bonds is 3. The lowest BCUT2D eigenvalue weighted by molar-refractivity contribution is 0.255. The van der Waals surface area contributed by atoms with Crippen molar-refractivity contribution in [2.45, 2.75) is 0 Å². The van der Waals surface area contributed by atoms with Crippen molar-refractivity contribution in [2.75, 3.05) is 5.32 Å². The molecule has 3 nitrogen and oxygen atoms in total. The maximum Gasteiger partial charge on any atom is 0.323 e. The SMILES string of the molecule is O=C(N/C=C/c1ccc(Br)cc1)Nc1ccc(Cl)cc1. The zero-order chi connectivity index (χ0) is 14.4. The first-order chi connectivity index (χ1) is 9.63. The number of anilines is 1. The normalized spacial score (nSPS) is 10.5. The molecule has 0 radical (unpaired) electrons. The quantitative estimate of drug-likeness (QED) is 0.811. The minimum absolute atomic E-state index is 0.305. The maximum absolute atomic E-state index is 11.6. The van der Waals surface area contributed by atoms with Gasteiger partial charge in [0.05, 0.1) is 0 Å². The van der Waals surface area contributed by atoms with Gasteiger partial charge in [0.2, 0.25) is 0 Å². The fourth-order valence-electron chi connectivity index (χ4n) is 1.49. The summed E-state index contributed by atoms with van der Waals surface area (Å²) in [5, 5.41) is 5.96. The van der Waals surface area contributed by atoms with Crippen LogP contribution in [0.15, 0.2) is 59.2 Å². The predicted molar refractivity (Wildman–Crippen MR) is 86.8 cm³/mol. The van der Waals surface area contributed by atoms with Crippen molar-refractivity contribution in [3.8, 4) is 0 Å². The fraction of sp³-hybridized carbons (Fsp3) is 0. The second kappa shape index (κ2) is 7.12. The summed E-state index contributed by atoms with van der Waals surface area (Å²) in [6.07, 6.45) is 3.41. The number of urea groups is 1.